The molecule has 0 spiro atoms. The second-order valence-electron chi connectivity index (χ2n) is 1.25. The van der Waals surface area contributed by atoms with Crippen molar-refractivity contribution in [3.8, 4) is 0 Å². The monoisotopic (exact) mass is 121 g/mol. The van der Waals surface area contributed by atoms with Gasteiger partial charge in [-0.25, -0.2) is 0 Å². The fourth-order valence-corrected chi connectivity index (χ4v) is 0.454. The minimum atomic E-state index is 0.813. The Balaban J connectivity index is 2.45. The molecule has 7 heavy (non-hydrogen) atoms. The Bertz CT molecular complexity index is 30.9. The zero-order valence-electron chi connectivity index (χ0n) is 4.48. The first-order valence-corrected chi connectivity index (χ1v) is 2.72. The molecule has 0 aliphatic rings. The van der Waals surface area contributed by atoms with E-state index in [1.807, 2.05) is 0 Å². The first kappa shape index (κ1) is 7.27. The van der Waals surface area contributed by atoms with E-state index in [0.717, 1.165) is 19.6 Å². The molecule has 0 aromatic heterocycles. The van der Waals surface area contributed by atoms with Gasteiger partial charge >= 0.3 is 0 Å². The third-order valence-corrected chi connectivity index (χ3v) is 0.861. The van der Waals surface area contributed by atoms with E-state index in [0.29, 0.717) is 0 Å². The van der Waals surface area contributed by atoms with Crippen LogP contribution in [-0.2, 0) is 4.74 Å². The first-order valence-electron chi connectivity index (χ1n) is 2.27. The van der Waals surface area contributed by atoms with Gasteiger partial charge in [-0.2, -0.15) is 0 Å². The van der Waals surface area contributed by atoms with Crippen molar-refractivity contribution in [1.82, 2.24) is 4.72 Å². The van der Waals surface area contributed by atoms with Gasteiger partial charge in [0.1, 0.15) is 0 Å². The van der Waals surface area contributed by atoms with Crippen molar-refractivity contribution in [2.24, 2.45) is 0 Å². The average Bonchev–Trinajstić information content (AvgIpc) is 1.69. The molecule has 0 aliphatic heterocycles. The van der Waals surface area contributed by atoms with Gasteiger partial charge in [-0.15, -0.1) is 0 Å². The molecule has 0 bridgehead atoms. The second kappa shape index (κ2) is 6.27. The van der Waals surface area contributed by atoms with E-state index in [9.17, 15) is 0 Å². The summed E-state index contributed by atoms with van der Waals surface area (Å²) in [4.78, 5) is 0. The van der Waals surface area contributed by atoms with Gasteiger partial charge in [-0.05, 0) is 6.42 Å². The number of thiol groups is 1. The maximum absolute atomic E-state index is 4.77. The molecular formula is C4H11NOS. The highest BCUT2D eigenvalue weighted by Gasteiger charge is 1.79. The topological polar surface area (TPSA) is 21.3 Å². The number of ether oxygens (including phenoxy) is 1. The van der Waals surface area contributed by atoms with Gasteiger partial charge in [-0.3, -0.25) is 4.72 Å². The molecule has 44 valence electrons. The minimum absolute atomic E-state index is 0.813. The molecule has 0 heterocycles. The van der Waals surface area contributed by atoms with Crippen LogP contribution < -0.4 is 4.72 Å². The summed E-state index contributed by atoms with van der Waals surface area (Å²) in [7, 11) is 1.69. The van der Waals surface area contributed by atoms with Crippen LogP contribution in [-0.4, -0.2) is 20.3 Å². The lowest BCUT2D eigenvalue weighted by Crippen LogP contribution is -2.03. The van der Waals surface area contributed by atoms with E-state index < -0.39 is 0 Å². The summed E-state index contributed by atoms with van der Waals surface area (Å²) in [5.74, 6) is 0. The predicted molar refractivity (Wildman–Crippen MR) is 33.5 cm³/mol. The van der Waals surface area contributed by atoms with E-state index >= 15 is 0 Å². The SMILES string of the molecule is COCCCNS. The number of hydrogen-bond acceptors (Lipinski definition) is 3. The van der Waals surface area contributed by atoms with E-state index in [2.05, 4.69) is 17.5 Å². The normalized spacial score (nSPS) is 9.43. The number of rotatable bonds is 4. The van der Waals surface area contributed by atoms with Crippen molar-refractivity contribution in [2.75, 3.05) is 20.3 Å². The van der Waals surface area contributed by atoms with Gasteiger partial charge in [0.25, 0.3) is 0 Å². The molecular weight excluding hydrogens is 110 g/mol. The molecule has 0 atom stereocenters. The van der Waals surface area contributed by atoms with Crippen LogP contribution >= 0.6 is 12.8 Å². The summed E-state index contributed by atoms with van der Waals surface area (Å²) in [5.41, 5.74) is 0. The minimum Gasteiger partial charge on any atom is -0.385 e. The standard InChI is InChI=1S/C4H11NOS/c1-6-4-2-3-5-7/h5,7H,2-4H2,1H3. The summed E-state index contributed by atoms with van der Waals surface area (Å²) < 4.78 is 7.49. The van der Waals surface area contributed by atoms with Crippen LogP contribution in [0.3, 0.4) is 0 Å². The summed E-state index contributed by atoms with van der Waals surface area (Å²) in [5, 5.41) is 0. The molecule has 1 N–H and O–H groups in total. The predicted octanol–water partition coefficient (Wildman–Crippen LogP) is 0.457. The van der Waals surface area contributed by atoms with Crippen molar-refractivity contribution >= 4 is 12.8 Å². The lowest BCUT2D eigenvalue weighted by atomic mass is 10.5. The zero-order valence-corrected chi connectivity index (χ0v) is 5.37. The molecule has 0 aromatic carbocycles. The Hall–Kier alpha value is 0.270. The van der Waals surface area contributed by atoms with Crippen molar-refractivity contribution in [1.29, 1.82) is 0 Å². The quantitative estimate of drug-likeness (QED) is 0.416. The molecule has 0 aromatic rings. The third kappa shape index (κ3) is 6.27. The average molecular weight is 121 g/mol. The lowest BCUT2D eigenvalue weighted by Gasteiger charge is -1.94. The Labute approximate surface area is 49.8 Å². The van der Waals surface area contributed by atoms with Crippen molar-refractivity contribution in [3.05, 3.63) is 0 Å². The van der Waals surface area contributed by atoms with Crippen molar-refractivity contribution < 1.29 is 4.74 Å². The molecule has 2 nitrogen and oxygen atoms in total. The molecule has 0 unspecified atom stereocenters. The summed E-state index contributed by atoms with van der Waals surface area (Å²) >= 11 is 3.79. The highest BCUT2D eigenvalue weighted by atomic mass is 32.1. The van der Waals surface area contributed by atoms with Crippen LogP contribution in [0.5, 0.6) is 0 Å². The zero-order chi connectivity index (χ0) is 5.54. The maximum Gasteiger partial charge on any atom is 0.0474 e. The van der Waals surface area contributed by atoms with E-state index in [-0.39, 0.29) is 0 Å². The molecule has 0 aliphatic carbocycles. The summed E-state index contributed by atoms with van der Waals surface area (Å²) in [6.45, 7) is 1.73. The number of nitrogens with one attached hydrogen (secondary N) is 1. The molecule has 0 fully saturated rings. The molecule has 0 saturated heterocycles. The van der Waals surface area contributed by atoms with Gasteiger partial charge in [0.05, 0.1) is 0 Å². The number of methoxy groups -OCH3 is 1. The van der Waals surface area contributed by atoms with Gasteiger partial charge in [0, 0.05) is 20.3 Å². The molecule has 0 amide bonds. The Kier molecular flexibility index (Phi) is 6.51. The third-order valence-electron chi connectivity index (χ3n) is 0.637. The van der Waals surface area contributed by atoms with Crippen LogP contribution in [0.2, 0.25) is 0 Å². The highest BCUT2D eigenvalue weighted by Crippen LogP contribution is 1.75. The Morgan fingerprint density at radius 3 is 2.86 bits per heavy atom. The van der Waals surface area contributed by atoms with Crippen LogP contribution in [0.1, 0.15) is 6.42 Å². The van der Waals surface area contributed by atoms with Gasteiger partial charge in [0.15, 0.2) is 0 Å². The van der Waals surface area contributed by atoms with E-state index in [1.165, 1.54) is 0 Å². The number of hydrogen-bond donors (Lipinski definition) is 2. The summed E-state index contributed by atoms with van der Waals surface area (Å²) in [6.07, 6.45) is 1.03. The first-order chi connectivity index (χ1) is 3.41. The van der Waals surface area contributed by atoms with Crippen LogP contribution in [0, 0.1) is 0 Å². The fraction of sp³-hybridized carbons (Fsp3) is 1.00. The van der Waals surface area contributed by atoms with E-state index in [4.69, 9.17) is 4.74 Å². The van der Waals surface area contributed by atoms with Gasteiger partial charge in [-0.1, -0.05) is 12.8 Å². The van der Waals surface area contributed by atoms with Crippen LogP contribution in [0.15, 0.2) is 0 Å². The largest absolute Gasteiger partial charge is 0.385 e. The highest BCUT2D eigenvalue weighted by molar-refractivity contribution is 7.78. The molecule has 0 rings (SSSR count). The molecule has 3 heteroatoms. The van der Waals surface area contributed by atoms with Gasteiger partial charge in [0.2, 0.25) is 0 Å². The van der Waals surface area contributed by atoms with Crippen LogP contribution in [0.4, 0.5) is 0 Å². The smallest absolute Gasteiger partial charge is 0.0474 e. The maximum atomic E-state index is 4.77. The van der Waals surface area contributed by atoms with Crippen LogP contribution in [0.25, 0.3) is 0 Å². The van der Waals surface area contributed by atoms with Crippen molar-refractivity contribution in [2.45, 2.75) is 6.42 Å². The molecule has 0 radical (unpaired) electrons. The fourth-order valence-electron chi connectivity index (χ4n) is 0.296. The Morgan fingerprint density at radius 1 is 1.71 bits per heavy atom. The van der Waals surface area contributed by atoms with Gasteiger partial charge < -0.3 is 4.74 Å². The Morgan fingerprint density at radius 2 is 2.43 bits per heavy atom. The lowest BCUT2D eigenvalue weighted by molar-refractivity contribution is 0.196. The second-order valence-corrected chi connectivity index (χ2v) is 1.57. The summed E-state index contributed by atoms with van der Waals surface area (Å²) in [6, 6.07) is 0. The van der Waals surface area contributed by atoms with Crippen molar-refractivity contribution in [3.63, 3.8) is 0 Å². The molecule has 0 saturated carbocycles. The van der Waals surface area contributed by atoms with E-state index in [1.54, 1.807) is 7.11 Å².